The van der Waals surface area contributed by atoms with E-state index in [9.17, 15) is 19.7 Å². The molecule has 124 valence electrons. The van der Waals surface area contributed by atoms with E-state index in [1.807, 2.05) is 0 Å². The lowest BCUT2D eigenvalue weighted by Crippen LogP contribution is -2.35. The highest BCUT2D eigenvalue weighted by molar-refractivity contribution is 7.15. The Balaban J connectivity index is 1.83. The first-order chi connectivity index (χ1) is 11.5. The number of thiazole rings is 1. The van der Waals surface area contributed by atoms with E-state index < -0.39 is 4.92 Å². The van der Waals surface area contributed by atoms with Crippen LogP contribution in [0, 0.1) is 10.1 Å². The van der Waals surface area contributed by atoms with Crippen molar-refractivity contribution in [1.82, 2.24) is 9.88 Å². The van der Waals surface area contributed by atoms with Crippen LogP contribution in [0.2, 0.25) is 0 Å². The summed E-state index contributed by atoms with van der Waals surface area (Å²) in [6, 6.07) is 5.93. The van der Waals surface area contributed by atoms with Crippen molar-refractivity contribution in [2.24, 2.45) is 0 Å². The Morgan fingerprint density at radius 3 is 2.83 bits per heavy atom. The molecule has 0 saturated heterocycles. The molecule has 0 atom stereocenters. The number of nitro groups is 1. The topological polar surface area (TPSA) is 105 Å². The Hall–Kier alpha value is -2.81. The van der Waals surface area contributed by atoms with E-state index in [1.165, 1.54) is 36.5 Å². The van der Waals surface area contributed by atoms with Crippen molar-refractivity contribution >= 4 is 34.0 Å². The Morgan fingerprint density at radius 2 is 2.12 bits per heavy atom. The van der Waals surface area contributed by atoms with Crippen molar-refractivity contribution in [3.63, 3.8) is 0 Å². The van der Waals surface area contributed by atoms with Gasteiger partial charge in [-0.25, -0.2) is 4.98 Å². The molecule has 0 fully saturated rings. The third-order valence-electron chi connectivity index (χ3n) is 3.63. The van der Waals surface area contributed by atoms with Crippen molar-refractivity contribution in [2.75, 3.05) is 11.9 Å². The number of nitrogens with one attached hydrogen (secondary N) is 1. The summed E-state index contributed by atoms with van der Waals surface area (Å²) in [5.74, 6) is -0.573. The van der Waals surface area contributed by atoms with Crippen molar-refractivity contribution < 1.29 is 14.5 Å². The molecule has 1 aromatic heterocycles. The summed E-state index contributed by atoms with van der Waals surface area (Å²) in [6.45, 7) is 2.17. The number of carbonyl (C=O) groups is 2. The van der Waals surface area contributed by atoms with Crippen LogP contribution in [0.1, 0.15) is 27.9 Å². The molecule has 2 heterocycles. The van der Waals surface area contributed by atoms with Crippen LogP contribution in [-0.2, 0) is 17.8 Å². The number of nitro benzene ring substituents is 1. The highest BCUT2D eigenvalue weighted by Crippen LogP contribution is 2.30. The average Bonchev–Trinajstić information content (AvgIpc) is 2.94. The number of hydrogen-bond donors (Lipinski definition) is 1. The fourth-order valence-corrected chi connectivity index (χ4v) is 3.63. The molecule has 0 unspecified atom stereocenters. The minimum Gasteiger partial charge on any atom is -0.333 e. The van der Waals surface area contributed by atoms with Crippen LogP contribution in [0.4, 0.5) is 10.8 Å². The molecule has 0 bridgehead atoms. The predicted molar refractivity (Wildman–Crippen MR) is 88.0 cm³/mol. The number of nitrogens with zero attached hydrogens (tertiary/aromatic N) is 3. The Bertz CT molecular complexity index is 833. The molecule has 0 radical (unpaired) electrons. The number of aromatic nitrogens is 1. The number of hydrogen-bond acceptors (Lipinski definition) is 6. The molecule has 2 amide bonds. The minimum atomic E-state index is -0.551. The van der Waals surface area contributed by atoms with Gasteiger partial charge in [0.1, 0.15) is 5.56 Å². The molecule has 1 N–H and O–H groups in total. The van der Waals surface area contributed by atoms with Gasteiger partial charge in [0.2, 0.25) is 5.91 Å². The molecule has 3 rings (SSSR count). The van der Waals surface area contributed by atoms with Crippen LogP contribution in [0.5, 0.6) is 0 Å². The summed E-state index contributed by atoms with van der Waals surface area (Å²) in [5.41, 5.74) is 0.740. The predicted octanol–water partition coefficient (Wildman–Crippen LogP) is 2.21. The summed E-state index contributed by atoms with van der Waals surface area (Å²) in [6.07, 6.45) is 0.553. The molecule has 1 aliphatic heterocycles. The molecule has 2 aromatic rings. The van der Waals surface area contributed by atoms with E-state index in [1.54, 1.807) is 11.0 Å². The van der Waals surface area contributed by atoms with Crippen LogP contribution in [0.15, 0.2) is 24.3 Å². The van der Waals surface area contributed by atoms with E-state index in [0.29, 0.717) is 24.6 Å². The van der Waals surface area contributed by atoms with E-state index in [2.05, 4.69) is 10.3 Å². The van der Waals surface area contributed by atoms with E-state index in [4.69, 9.17) is 0 Å². The van der Waals surface area contributed by atoms with Crippen molar-refractivity contribution in [2.45, 2.75) is 19.9 Å². The molecule has 0 aliphatic carbocycles. The molecule has 9 heteroatoms. The fourth-order valence-electron chi connectivity index (χ4n) is 2.56. The van der Waals surface area contributed by atoms with E-state index in [0.717, 1.165) is 10.6 Å². The van der Waals surface area contributed by atoms with E-state index >= 15 is 0 Å². The van der Waals surface area contributed by atoms with Gasteiger partial charge in [-0.05, 0) is 6.07 Å². The quantitative estimate of drug-likeness (QED) is 0.677. The maximum Gasteiger partial charge on any atom is 0.282 e. The lowest BCUT2D eigenvalue weighted by Gasteiger charge is -2.26. The van der Waals surface area contributed by atoms with Gasteiger partial charge < -0.3 is 10.2 Å². The van der Waals surface area contributed by atoms with Gasteiger partial charge in [-0.15, -0.1) is 0 Å². The van der Waals surface area contributed by atoms with Crippen LogP contribution in [0.25, 0.3) is 0 Å². The number of benzene rings is 1. The van der Waals surface area contributed by atoms with Crippen molar-refractivity contribution in [3.05, 3.63) is 50.5 Å². The number of anilines is 1. The second-order valence-electron chi connectivity index (χ2n) is 5.32. The molecular weight excluding hydrogens is 332 g/mol. The Labute approximate surface area is 141 Å². The van der Waals surface area contributed by atoms with E-state index in [-0.39, 0.29) is 23.1 Å². The smallest absolute Gasteiger partial charge is 0.282 e. The van der Waals surface area contributed by atoms with Gasteiger partial charge in [0, 0.05) is 30.8 Å². The summed E-state index contributed by atoms with van der Waals surface area (Å²) in [5, 5.41) is 14.2. The minimum absolute atomic E-state index is 0.0811. The third-order valence-corrected chi connectivity index (χ3v) is 4.63. The zero-order chi connectivity index (χ0) is 17.3. The van der Waals surface area contributed by atoms with Gasteiger partial charge in [0.15, 0.2) is 5.13 Å². The molecule has 0 spiro atoms. The second kappa shape index (κ2) is 6.36. The molecule has 8 nitrogen and oxygen atoms in total. The van der Waals surface area contributed by atoms with Crippen molar-refractivity contribution in [3.8, 4) is 0 Å². The van der Waals surface area contributed by atoms with Crippen LogP contribution in [0.3, 0.4) is 0 Å². The third kappa shape index (κ3) is 3.11. The zero-order valence-corrected chi connectivity index (χ0v) is 13.6. The molecule has 1 aliphatic rings. The summed E-state index contributed by atoms with van der Waals surface area (Å²) >= 11 is 1.32. The number of para-hydroxylation sites is 1. The standard InChI is InChI=1S/C15H14N4O4S/c1-9(20)16-15-17-11-6-7-18(8-13(11)24-15)14(21)10-4-2-3-5-12(10)19(22)23/h2-5H,6-8H2,1H3,(H,16,17,20). The van der Waals surface area contributed by atoms with Gasteiger partial charge in [-0.1, -0.05) is 23.5 Å². The number of fused-ring (bicyclic) bond motifs is 1. The SMILES string of the molecule is CC(=O)Nc1nc2c(s1)CN(C(=O)c1ccccc1[N+](=O)[O-])CC2. The van der Waals surface area contributed by atoms with Crippen LogP contribution < -0.4 is 5.32 Å². The van der Waals surface area contributed by atoms with Gasteiger partial charge in [0.25, 0.3) is 11.6 Å². The number of rotatable bonds is 3. The average molecular weight is 346 g/mol. The zero-order valence-electron chi connectivity index (χ0n) is 12.8. The first kappa shape index (κ1) is 16.1. The van der Waals surface area contributed by atoms with Crippen molar-refractivity contribution in [1.29, 1.82) is 0 Å². The molecule has 24 heavy (non-hydrogen) atoms. The molecule has 1 aromatic carbocycles. The largest absolute Gasteiger partial charge is 0.333 e. The molecule has 0 saturated carbocycles. The summed E-state index contributed by atoms with van der Waals surface area (Å²) < 4.78 is 0. The highest BCUT2D eigenvalue weighted by atomic mass is 32.1. The monoisotopic (exact) mass is 346 g/mol. The number of carbonyl (C=O) groups excluding carboxylic acids is 2. The first-order valence-electron chi connectivity index (χ1n) is 7.24. The maximum absolute atomic E-state index is 12.7. The maximum atomic E-state index is 12.7. The van der Waals surface area contributed by atoms with Crippen LogP contribution in [-0.4, -0.2) is 33.2 Å². The lowest BCUT2D eigenvalue weighted by atomic mass is 10.1. The summed E-state index contributed by atoms with van der Waals surface area (Å²) in [7, 11) is 0. The number of amides is 2. The van der Waals surface area contributed by atoms with Gasteiger partial charge in [-0.2, -0.15) is 0 Å². The van der Waals surface area contributed by atoms with Gasteiger partial charge in [0.05, 0.1) is 17.2 Å². The van der Waals surface area contributed by atoms with Gasteiger partial charge >= 0.3 is 0 Å². The first-order valence-corrected chi connectivity index (χ1v) is 8.06. The van der Waals surface area contributed by atoms with Gasteiger partial charge in [-0.3, -0.25) is 19.7 Å². The normalized spacial score (nSPS) is 13.3. The second-order valence-corrected chi connectivity index (χ2v) is 6.40. The summed E-state index contributed by atoms with van der Waals surface area (Å²) in [4.78, 5) is 41.1. The Morgan fingerprint density at radius 1 is 1.38 bits per heavy atom. The lowest BCUT2D eigenvalue weighted by molar-refractivity contribution is -0.385. The fraction of sp³-hybridized carbons (Fsp3) is 0.267. The highest BCUT2D eigenvalue weighted by Gasteiger charge is 2.28. The van der Waals surface area contributed by atoms with Crippen LogP contribution >= 0.6 is 11.3 Å². The molecular formula is C15H14N4O4S. The Kier molecular flexibility index (Phi) is 4.26.